The molecule has 3 spiro atoms. The van der Waals surface area contributed by atoms with Crippen molar-refractivity contribution in [2.75, 3.05) is 52.9 Å². The largest absolute Gasteiger partial charge is 0.743 e. The fourth-order valence-electron chi connectivity index (χ4n) is 17.0. The highest BCUT2D eigenvalue weighted by Gasteiger charge is 2.74. The molecule has 73 heavy (non-hydrogen) atoms. The number of carbonyl (C=O) groups excluding carboxylic acids is 3. The average molecular weight is 1080 g/mol. The molecule has 6 unspecified atom stereocenters. The molecule has 3 aliphatic heterocycles. The topological polar surface area (TPSA) is 191 Å². The number of carbonyl (C=O) groups is 3. The van der Waals surface area contributed by atoms with Crippen LogP contribution in [0.5, 0.6) is 0 Å². The van der Waals surface area contributed by atoms with Gasteiger partial charge in [-0.25, -0.2) is 13.2 Å². The van der Waals surface area contributed by atoms with Gasteiger partial charge in [-0.2, -0.15) is 43.9 Å². The predicted molar refractivity (Wildman–Crippen MR) is 217 cm³/mol. The van der Waals surface area contributed by atoms with E-state index in [0.29, 0.717) is 51.4 Å². The molecule has 15 fully saturated rings. The molecule has 0 aromatic rings. The maximum Gasteiger partial charge on any atom is 0.428 e. The highest BCUT2D eigenvalue weighted by Crippen LogP contribution is 2.69. The van der Waals surface area contributed by atoms with Crippen LogP contribution >= 0.6 is 0 Å². The van der Waals surface area contributed by atoms with Crippen LogP contribution in [0.15, 0.2) is 0 Å². The van der Waals surface area contributed by atoms with Crippen LogP contribution in [-0.4, -0.2) is 136 Å². The third kappa shape index (κ3) is 7.40. The molecular formula is C47H55F10O15S-. The summed E-state index contributed by atoms with van der Waals surface area (Å²) < 4.78 is 232. The summed E-state index contributed by atoms with van der Waals surface area (Å²) in [5.74, 6) is -31.2. The Morgan fingerprint density at radius 3 is 1.11 bits per heavy atom. The number of halogens is 10. The highest BCUT2D eigenvalue weighted by molar-refractivity contribution is 7.87. The van der Waals surface area contributed by atoms with Crippen LogP contribution in [0, 0.1) is 69.5 Å². The Labute approximate surface area is 411 Å². The van der Waals surface area contributed by atoms with E-state index in [9.17, 15) is 71.3 Å². The second-order valence-corrected chi connectivity index (χ2v) is 25.9. The van der Waals surface area contributed by atoms with Gasteiger partial charge in [0.1, 0.15) is 45.2 Å². The molecule has 15 nitrogen and oxygen atoms in total. The molecule has 26 heteroatoms. The van der Waals surface area contributed by atoms with Gasteiger partial charge in [0.25, 0.3) is 0 Å². The molecule has 12 aliphatic carbocycles. The number of hydrogen-bond donors (Lipinski definition) is 0. The van der Waals surface area contributed by atoms with E-state index < -0.39 is 171 Å². The van der Waals surface area contributed by atoms with Crippen molar-refractivity contribution < 1.29 is 114 Å². The molecule has 0 N–H and O–H groups in total. The first kappa shape index (κ1) is 51.2. The summed E-state index contributed by atoms with van der Waals surface area (Å²) in [5, 5.41) is -5.34. The summed E-state index contributed by atoms with van der Waals surface area (Å²) in [6.07, 6.45) is 3.06. The molecule has 0 amide bonds. The smallest absolute Gasteiger partial charge is 0.428 e. The van der Waals surface area contributed by atoms with Crippen LogP contribution < -0.4 is 0 Å². The van der Waals surface area contributed by atoms with Crippen molar-refractivity contribution in [2.24, 2.45) is 69.5 Å². The molecule has 0 aromatic heterocycles. The van der Waals surface area contributed by atoms with Crippen LogP contribution in [-0.2, 0) is 67.1 Å². The molecule has 12 bridgehead atoms. The minimum Gasteiger partial charge on any atom is -0.743 e. The quantitative estimate of drug-likeness (QED) is 0.102. The number of rotatable bonds is 9. The van der Waals surface area contributed by atoms with E-state index in [2.05, 4.69) is 0 Å². The van der Waals surface area contributed by atoms with Gasteiger partial charge in [0.05, 0.1) is 29.5 Å². The lowest BCUT2D eigenvalue weighted by Crippen LogP contribution is -2.70. The van der Waals surface area contributed by atoms with Gasteiger partial charge in [-0.3, -0.25) is 9.59 Å². The van der Waals surface area contributed by atoms with E-state index in [0.717, 1.165) is 0 Å². The molecule has 6 atom stereocenters. The molecule has 3 heterocycles. The van der Waals surface area contributed by atoms with Gasteiger partial charge in [-0.15, -0.1) is 0 Å². The van der Waals surface area contributed by atoms with Crippen molar-refractivity contribution in [1.82, 2.24) is 0 Å². The first-order valence-corrected chi connectivity index (χ1v) is 26.5. The van der Waals surface area contributed by atoms with Crippen molar-refractivity contribution in [1.29, 1.82) is 0 Å². The van der Waals surface area contributed by atoms with E-state index in [1.165, 1.54) is 0 Å². The summed E-state index contributed by atoms with van der Waals surface area (Å²) in [4.78, 5) is 41.7. The first-order valence-electron chi connectivity index (χ1n) is 25.1. The van der Waals surface area contributed by atoms with Crippen LogP contribution in [0.1, 0.15) is 96.3 Å². The zero-order chi connectivity index (χ0) is 52.1. The van der Waals surface area contributed by atoms with Crippen LogP contribution in [0.25, 0.3) is 0 Å². The fraction of sp³-hybridized carbons (Fsp3) is 0.936. The van der Waals surface area contributed by atoms with Gasteiger partial charge in [0, 0.05) is 35.5 Å². The Morgan fingerprint density at radius 2 is 0.781 bits per heavy atom. The van der Waals surface area contributed by atoms with Crippen molar-refractivity contribution >= 4 is 28.0 Å². The average Bonchev–Trinajstić information content (AvgIpc) is 3.46. The van der Waals surface area contributed by atoms with E-state index in [4.69, 9.17) is 42.6 Å². The Morgan fingerprint density at radius 1 is 0.479 bits per heavy atom. The minimum absolute atomic E-state index is 0.0217. The third-order valence-electron chi connectivity index (χ3n) is 19.9. The standard InChI is InChI=1S/C47H56F10O15S/c48-40(49)20-68-44(69-21-41(40,50)51)27-1-24-2-28(44)11-37(7-24,10-27)33(58)64-16-36(17-65-34(59)38-8-25-3-29(12-38)45(30(4-25)13-38)70-22-42(52,53)43(54,55)23-71-45)18-66-46(67-19-36)31-5-26-6-32(46)15-39(9-26,14-31)72-35(60)47(56,57)73(61,62)63/h24-32H,1-23H2,(H,61,62,63)/p-1. The van der Waals surface area contributed by atoms with E-state index in [1.54, 1.807) is 0 Å². The second kappa shape index (κ2) is 15.8. The molecule has 3 saturated heterocycles. The lowest BCUT2D eigenvalue weighted by atomic mass is 9.47. The molecule has 15 rings (SSSR count). The Bertz CT molecular complexity index is 2240. The van der Waals surface area contributed by atoms with E-state index in [-0.39, 0.29) is 75.9 Å². The van der Waals surface area contributed by atoms with Crippen molar-refractivity contribution in [3.63, 3.8) is 0 Å². The van der Waals surface area contributed by atoms with E-state index >= 15 is 0 Å². The molecular weight excluding hydrogens is 1030 g/mol. The van der Waals surface area contributed by atoms with Crippen LogP contribution in [0.2, 0.25) is 0 Å². The lowest BCUT2D eigenvalue weighted by Gasteiger charge is -2.65. The SMILES string of the molecule is O=C(OCC1(COC(=O)C23CC4CC(C2)C2(OCC(F)(F)C(F)(F)CO2)C(C4)C3)COC2(OC1)C1CC3CC2CC(OC(=O)C(F)(F)S(=O)(=O)[O-])(C3)C1)C12CC3CC(C1)C1(OCC(F)(F)C(F)(F)CO1)C(C3)C2. The molecule has 0 radical (unpaired) electrons. The van der Waals surface area contributed by atoms with Gasteiger partial charge in [-0.05, 0) is 114 Å². The summed E-state index contributed by atoms with van der Waals surface area (Å²) >= 11 is 0. The van der Waals surface area contributed by atoms with Crippen LogP contribution in [0.4, 0.5) is 43.9 Å². The van der Waals surface area contributed by atoms with Gasteiger partial charge < -0.3 is 47.2 Å². The zero-order valence-corrected chi connectivity index (χ0v) is 40.1. The fourth-order valence-corrected chi connectivity index (χ4v) is 17.2. The molecule has 0 aromatic carbocycles. The van der Waals surface area contributed by atoms with Gasteiger partial charge in [0.15, 0.2) is 27.5 Å². The summed E-state index contributed by atoms with van der Waals surface area (Å²) in [6, 6.07) is 0. The molecule has 410 valence electrons. The Balaban J connectivity index is 0.780. The third-order valence-corrected chi connectivity index (χ3v) is 20.7. The first-order chi connectivity index (χ1) is 33.9. The number of alkyl halides is 10. The van der Waals surface area contributed by atoms with Crippen molar-refractivity contribution in [3.8, 4) is 0 Å². The Kier molecular flexibility index (Phi) is 11.1. The van der Waals surface area contributed by atoms with Crippen molar-refractivity contribution in [2.45, 2.75) is 148 Å². The highest BCUT2D eigenvalue weighted by atomic mass is 32.2. The normalized spacial score (nSPS) is 46.5. The number of esters is 3. The van der Waals surface area contributed by atoms with Crippen molar-refractivity contribution in [3.05, 3.63) is 0 Å². The predicted octanol–water partition coefficient (Wildman–Crippen LogP) is 6.74. The second-order valence-electron chi connectivity index (χ2n) is 24.5. The summed E-state index contributed by atoms with van der Waals surface area (Å²) in [6.45, 7) is -7.80. The monoisotopic (exact) mass is 1080 g/mol. The van der Waals surface area contributed by atoms with Gasteiger partial charge >= 0.3 is 46.9 Å². The van der Waals surface area contributed by atoms with E-state index in [1.807, 2.05) is 0 Å². The van der Waals surface area contributed by atoms with Crippen LogP contribution in [0.3, 0.4) is 0 Å². The number of ether oxygens (including phenoxy) is 9. The van der Waals surface area contributed by atoms with Gasteiger partial charge in [-0.1, -0.05) is 0 Å². The lowest BCUT2D eigenvalue weighted by molar-refractivity contribution is -0.397. The zero-order valence-electron chi connectivity index (χ0n) is 39.3. The molecule has 15 aliphatic rings. The Hall–Kier alpha value is -2.62. The summed E-state index contributed by atoms with van der Waals surface area (Å²) in [7, 11) is -6.41. The van der Waals surface area contributed by atoms with Gasteiger partial charge in [0.2, 0.25) is 0 Å². The number of hydrogen-bond acceptors (Lipinski definition) is 15. The minimum atomic E-state index is -6.41. The summed E-state index contributed by atoms with van der Waals surface area (Å²) in [5.41, 5.74) is -5.39. The maximum absolute atomic E-state index is 14.6. The maximum atomic E-state index is 14.6. The molecule has 12 saturated carbocycles.